The number of carboxylic acid groups (broad SMARTS) is 1. The Kier molecular flexibility index (Phi) is 3.79. The molecule has 0 radical (unpaired) electrons. The summed E-state index contributed by atoms with van der Waals surface area (Å²) in [4.78, 5) is 23.2. The van der Waals surface area contributed by atoms with Crippen LogP contribution >= 0.6 is 0 Å². The molecule has 0 fully saturated rings. The van der Waals surface area contributed by atoms with Crippen LogP contribution < -0.4 is 5.32 Å². The predicted molar refractivity (Wildman–Crippen MR) is 66.3 cm³/mol. The van der Waals surface area contributed by atoms with Crippen LogP contribution in [0.25, 0.3) is 0 Å². The molecule has 18 heavy (non-hydrogen) atoms. The number of carboxylic acids is 1. The van der Waals surface area contributed by atoms with Crippen LogP contribution in [0, 0.1) is 12.3 Å². The number of carbonyl (C=O) groups excluding carboxylic acids is 1. The molecule has 0 bridgehead atoms. The monoisotopic (exact) mass is 253 g/mol. The number of aliphatic carboxylic acids is 1. The maximum Gasteiger partial charge on any atom is 0.326 e. The molecule has 6 nitrogen and oxygen atoms in total. The first kappa shape index (κ1) is 14.2. The van der Waals surface area contributed by atoms with Crippen molar-refractivity contribution in [2.75, 3.05) is 0 Å². The highest BCUT2D eigenvalue weighted by Crippen LogP contribution is 2.20. The van der Waals surface area contributed by atoms with Crippen LogP contribution in [0.2, 0.25) is 0 Å². The van der Waals surface area contributed by atoms with E-state index in [1.807, 2.05) is 0 Å². The van der Waals surface area contributed by atoms with E-state index in [-0.39, 0.29) is 0 Å². The van der Waals surface area contributed by atoms with E-state index in [1.54, 1.807) is 40.9 Å². The van der Waals surface area contributed by atoms with Crippen LogP contribution in [-0.4, -0.2) is 32.8 Å². The van der Waals surface area contributed by atoms with Crippen molar-refractivity contribution in [1.82, 2.24) is 15.1 Å². The lowest BCUT2D eigenvalue weighted by atomic mass is 9.86. The summed E-state index contributed by atoms with van der Waals surface area (Å²) in [5.41, 5.74) is 0.415. The highest BCUT2D eigenvalue weighted by atomic mass is 16.4. The molecule has 100 valence electrons. The normalized spacial score (nSPS) is 13.2. The minimum absolute atomic E-state index is 0.396. The Labute approximate surface area is 106 Å². The zero-order valence-electron chi connectivity index (χ0n) is 11.3. The summed E-state index contributed by atoms with van der Waals surface area (Å²) in [7, 11) is 1.71. The third-order valence-corrected chi connectivity index (χ3v) is 2.65. The molecule has 0 aliphatic rings. The smallest absolute Gasteiger partial charge is 0.326 e. The quantitative estimate of drug-likeness (QED) is 0.840. The highest BCUT2D eigenvalue weighted by molar-refractivity contribution is 5.97. The van der Waals surface area contributed by atoms with Crippen molar-refractivity contribution >= 4 is 11.9 Å². The van der Waals surface area contributed by atoms with E-state index in [2.05, 4.69) is 10.4 Å². The maximum atomic E-state index is 12.0. The van der Waals surface area contributed by atoms with Gasteiger partial charge in [0.05, 0.1) is 11.3 Å². The minimum Gasteiger partial charge on any atom is -0.480 e. The van der Waals surface area contributed by atoms with Crippen LogP contribution in [0.15, 0.2) is 6.20 Å². The summed E-state index contributed by atoms with van der Waals surface area (Å²) < 4.78 is 1.52. The average Bonchev–Trinajstić information content (AvgIpc) is 2.51. The van der Waals surface area contributed by atoms with Crippen LogP contribution in [0.5, 0.6) is 0 Å². The predicted octanol–water partition coefficient (Wildman–Crippen LogP) is 0.958. The van der Waals surface area contributed by atoms with Crippen molar-refractivity contribution in [3.8, 4) is 0 Å². The summed E-state index contributed by atoms with van der Waals surface area (Å²) in [6.07, 6.45) is 1.58. The summed E-state index contributed by atoms with van der Waals surface area (Å²) in [5.74, 6) is -1.46. The van der Waals surface area contributed by atoms with Gasteiger partial charge in [-0.05, 0) is 12.3 Å². The number of aryl methyl sites for hydroxylation is 2. The second-order valence-corrected chi connectivity index (χ2v) is 5.41. The Morgan fingerprint density at radius 2 is 2.00 bits per heavy atom. The van der Waals surface area contributed by atoms with Crippen molar-refractivity contribution in [2.45, 2.75) is 33.7 Å². The number of hydrogen-bond donors (Lipinski definition) is 2. The van der Waals surface area contributed by atoms with Gasteiger partial charge in [0.25, 0.3) is 5.91 Å². The summed E-state index contributed by atoms with van der Waals surface area (Å²) in [6, 6.07) is -0.940. The Hall–Kier alpha value is -1.85. The van der Waals surface area contributed by atoms with E-state index in [4.69, 9.17) is 5.11 Å². The van der Waals surface area contributed by atoms with Crippen molar-refractivity contribution in [3.05, 3.63) is 17.5 Å². The van der Waals surface area contributed by atoms with Gasteiger partial charge in [0, 0.05) is 13.2 Å². The second kappa shape index (κ2) is 4.80. The molecule has 1 heterocycles. The van der Waals surface area contributed by atoms with E-state index < -0.39 is 23.3 Å². The molecule has 0 aromatic carbocycles. The molecule has 1 aromatic rings. The number of carbonyl (C=O) groups is 2. The van der Waals surface area contributed by atoms with Gasteiger partial charge < -0.3 is 10.4 Å². The number of nitrogens with zero attached hydrogens (tertiary/aromatic N) is 2. The van der Waals surface area contributed by atoms with E-state index in [9.17, 15) is 9.59 Å². The van der Waals surface area contributed by atoms with E-state index >= 15 is 0 Å². The van der Waals surface area contributed by atoms with E-state index in [1.165, 1.54) is 4.68 Å². The first-order valence-electron chi connectivity index (χ1n) is 5.67. The minimum atomic E-state index is -1.04. The Balaban J connectivity index is 2.93. The van der Waals surface area contributed by atoms with E-state index in [0.717, 1.165) is 0 Å². The number of amides is 1. The van der Waals surface area contributed by atoms with Crippen LogP contribution in [0.4, 0.5) is 0 Å². The van der Waals surface area contributed by atoms with Gasteiger partial charge >= 0.3 is 5.97 Å². The molecule has 2 N–H and O–H groups in total. The summed E-state index contributed by atoms with van der Waals surface area (Å²) in [5, 5.41) is 15.7. The van der Waals surface area contributed by atoms with Crippen LogP contribution in [-0.2, 0) is 11.8 Å². The SMILES string of the molecule is Cc1nn(C)cc1C(=O)N[C@@H](C(=O)O)C(C)(C)C. The fourth-order valence-electron chi connectivity index (χ4n) is 1.68. The van der Waals surface area contributed by atoms with Crippen molar-refractivity contribution < 1.29 is 14.7 Å². The molecule has 0 spiro atoms. The second-order valence-electron chi connectivity index (χ2n) is 5.41. The molecule has 1 atom stereocenters. The van der Waals surface area contributed by atoms with E-state index in [0.29, 0.717) is 11.3 Å². The lowest BCUT2D eigenvalue weighted by molar-refractivity contribution is -0.142. The molecular weight excluding hydrogens is 234 g/mol. The largest absolute Gasteiger partial charge is 0.480 e. The third-order valence-electron chi connectivity index (χ3n) is 2.65. The average molecular weight is 253 g/mol. The summed E-state index contributed by atoms with van der Waals surface area (Å²) >= 11 is 0. The first-order valence-corrected chi connectivity index (χ1v) is 5.67. The van der Waals surface area contributed by atoms with Crippen molar-refractivity contribution in [1.29, 1.82) is 0 Å². The Bertz CT molecular complexity index is 471. The summed E-state index contributed by atoms with van der Waals surface area (Å²) in [6.45, 7) is 7.01. The van der Waals surface area contributed by atoms with Gasteiger partial charge in [0.1, 0.15) is 6.04 Å². The highest BCUT2D eigenvalue weighted by Gasteiger charge is 2.33. The van der Waals surface area contributed by atoms with Gasteiger partial charge in [-0.25, -0.2) is 4.79 Å². The molecule has 0 unspecified atom stereocenters. The standard InChI is InChI=1S/C12H19N3O3/c1-7-8(6-15(5)14-7)10(16)13-9(11(17)18)12(2,3)4/h6,9H,1-5H3,(H,13,16)(H,17,18)/t9-/m0/s1. The third kappa shape index (κ3) is 3.09. The zero-order chi connectivity index (χ0) is 14.1. The zero-order valence-corrected chi connectivity index (χ0v) is 11.3. The fourth-order valence-corrected chi connectivity index (χ4v) is 1.68. The molecule has 1 amide bonds. The van der Waals surface area contributed by atoms with Gasteiger partial charge in [-0.1, -0.05) is 20.8 Å². The molecule has 1 aromatic heterocycles. The van der Waals surface area contributed by atoms with Crippen molar-refractivity contribution in [2.24, 2.45) is 12.5 Å². The molecule has 0 saturated heterocycles. The number of rotatable bonds is 3. The van der Waals surface area contributed by atoms with Gasteiger partial charge in [-0.2, -0.15) is 5.10 Å². The molecule has 6 heteroatoms. The lowest BCUT2D eigenvalue weighted by Crippen LogP contribution is -2.49. The molecular formula is C12H19N3O3. The van der Waals surface area contributed by atoms with Crippen molar-refractivity contribution in [3.63, 3.8) is 0 Å². The van der Waals surface area contributed by atoms with Gasteiger partial charge in [0.2, 0.25) is 0 Å². The molecule has 1 rings (SSSR count). The fraction of sp³-hybridized carbons (Fsp3) is 0.583. The molecule has 0 aliphatic heterocycles. The maximum absolute atomic E-state index is 12.0. The Morgan fingerprint density at radius 3 is 2.33 bits per heavy atom. The first-order chi connectivity index (χ1) is 8.12. The molecule has 0 saturated carbocycles. The lowest BCUT2D eigenvalue weighted by Gasteiger charge is -2.27. The van der Waals surface area contributed by atoms with Crippen LogP contribution in [0.1, 0.15) is 36.8 Å². The number of aromatic nitrogens is 2. The Morgan fingerprint density at radius 1 is 1.44 bits per heavy atom. The van der Waals surface area contributed by atoms with Gasteiger partial charge in [-0.3, -0.25) is 9.48 Å². The molecule has 0 aliphatic carbocycles. The topological polar surface area (TPSA) is 84.2 Å². The number of hydrogen-bond acceptors (Lipinski definition) is 3. The van der Waals surface area contributed by atoms with Gasteiger partial charge in [0.15, 0.2) is 0 Å². The van der Waals surface area contributed by atoms with Crippen LogP contribution in [0.3, 0.4) is 0 Å². The number of nitrogens with one attached hydrogen (secondary N) is 1. The van der Waals surface area contributed by atoms with Gasteiger partial charge in [-0.15, -0.1) is 0 Å².